The van der Waals surface area contributed by atoms with E-state index in [1.807, 2.05) is 31.2 Å². The van der Waals surface area contributed by atoms with Gasteiger partial charge in [0.05, 0.1) is 0 Å². The first-order valence-electron chi connectivity index (χ1n) is 4.51. The fourth-order valence-corrected chi connectivity index (χ4v) is 2.69. The van der Waals surface area contributed by atoms with Gasteiger partial charge in [-0.1, -0.05) is 43.4 Å². The van der Waals surface area contributed by atoms with E-state index in [1.165, 1.54) is 0 Å². The van der Waals surface area contributed by atoms with Crippen molar-refractivity contribution in [3.8, 4) is 0 Å². The Morgan fingerprint density at radius 2 is 1.56 bits per heavy atom. The number of hydrogen-bond donors (Lipinski definition) is 0. The van der Waals surface area contributed by atoms with Gasteiger partial charge in [0, 0.05) is 5.75 Å². The second kappa shape index (κ2) is 6.86. The van der Waals surface area contributed by atoms with E-state index in [0.717, 1.165) is 0 Å². The first kappa shape index (κ1) is 14.5. The van der Waals surface area contributed by atoms with Gasteiger partial charge in [0.25, 0.3) is 0 Å². The van der Waals surface area contributed by atoms with Crippen molar-refractivity contribution >= 4 is 10.3 Å². The largest absolute Gasteiger partial charge is 0.412 e. The maximum Gasteiger partial charge on any atom is 0.305 e. The number of nitrogens with zero attached hydrogens (tertiary/aromatic N) is 1. The molecule has 0 saturated heterocycles. The van der Waals surface area contributed by atoms with Crippen LogP contribution in [-0.4, -0.2) is 16.3 Å². The highest BCUT2D eigenvalue weighted by Crippen LogP contribution is 2.52. The first-order valence-corrected chi connectivity index (χ1v) is 6.37. The summed E-state index contributed by atoms with van der Waals surface area (Å²) in [4.78, 5) is 10.4. The second-order valence-corrected chi connectivity index (χ2v) is 5.62. The van der Waals surface area contributed by atoms with Crippen LogP contribution in [0, 0.1) is 10.1 Å². The summed E-state index contributed by atoms with van der Waals surface area (Å²) in [6.07, 6.45) is 10.9. The predicted octanol–water partition coefficient (Wildman–Crippen LogP) is 2.26. The number of rotatable bonds is 3. The lowest BCUT2D eigenvalue weighted by Crippen LogP contribution is -2.07. The van der Waals surface area contributed by atoms with Gasteiger partial charge in [-0.15, -0.1) is 10.1 Å². The van der Waals surface area contributed by atoms with Crippen LogP contribution in [-0.2, 0) is 4.28 Å². The Labute approximate surface area is 95.7 Å². The fourth-order valence-electron chi connectivity index (χ4n) is 1.07. The molecule has 0 bridgehead atoms. The van der Waals surface area contributed by atoms with Gasteiger partial charge < -0.3 is 5.48 Å². The summed E-state index contributed by atoms with van der Waals surface area (Å²) in [6.45, 7) is 1.87. The third-order valence-electron chi connectivity index (χ3n) is 1.82. The average Bonchev–Trinajstić information content (AvgIpc) is 2.30. The van der Waals surface area contributed by atoms with Crippen molar-refractivity contribution in [3.05, 3.63) is 57.4 Å². The van der Waals surface area contributed by atoms with Crippen molar-refractivity contribution in [2.45, 2.75) is 6.92 Å². The molecule has 1 aliphatic rings. The maximum absolute atomic E-state index is 10.4. The Balaban J connectivity index is 0.00000225. The van der Waals surface area contributed by atoms with Crippen LogP contribution in [0.5, 0.6) is 0 Å². The maximum atomic E-state index is 10.4. The summed E-state index contributed by atoms with van der Waals surface area (Å²) in [6, 6.07) is 0. The predicted molar refractivity (Wildman–Crippen MR) is 66.4 cm³/mol. The van der Waals surface area contributed by atoms with Gasteiger partial charge in [0.1, 0.15) is 0 Å². The van der Waals surface area contributed by atoms with E-state index in [4.69, 9.17) is 4.28 Å². The molecule has 0 unspecified atom stereocenters. The second-order valence-electron chi connectivity index (χ2n) is 2.79. The minimum absolute atomic E-state index is 0. The highest BCUT2D eigenvalue weighted by molar-refractivity contribution is 8.34. The highest BCUT2D eigenvalue weighted by atomic mass is 32.3. The molecule has 2 N–H and O–H groups in total. The minimum atomic E-state index is -1.88. The topological polar surface area (TPSA) is 83.9 Å². The zero-order valence-electron chi connectivity index (χ0n) is 8.91. The fraction of sp³-hybridized carbons (Fsp3) is 0.200. The van der Waals surface area contributed by atoms with Gasteiger partial charge in [-0.25, -0.2) is 0 Å². The summed E-state index contributed by atoms with van der Waals surface area (Å²) >= 11 is 0. The van der Waals surface area contributed by atoms with Crippen LogP contribution >= 0.6 is 10.3 Å². The Morgan fingerprint density at radius 3 is 1.94 bits per heavy atom. The molecule has 5 nitrogen and oxygen atoms in total. The van der Waals surface area contributed by atoms with Gasteiger partial charge in [-0.05, 0) is 21.1 Å². The average molecular weight is 245 g/mol. The third kappa shape index (κ3) is 4.33. The molecule has 0 aromatic heterocycles. The molecule has 90 valence electrons. The third-order valence-corrected chi connectivity index (χ3v) is 4.36. The first-order chi connectivity index (χ1) is 7.18. The van der Waals surface area contributed by atoms with Crippen molar-refractivity contribution in [1.29, 1.82) is 0 Å². The normalized spacial score (nSPS) is 26.8. The molecule has 1 aliphatic heterocycles. The summed E-state index contributed by atoms with van der Waals surface area (Å²) in [5.74, 6) is 0.586. The molecule has 0 aliphatic carbocycles. The van der Waals surface area contributed by atoms with E-state index in [9.17, 15) is 10.1 Å². The Bertz CT molecular complexity index is 325. The van der Waals surface area contributed by atoms with E-state index in [2.05, 4.69) is 0 Å². The van der Waals surface area contributed by atoms with Gasteiger partial charge >= 0.3 is 5.09 Å². The summed E-state index contributed by atoms with van der Waals surface area (Å²) in [7, 11) is -1.88. The van der Waals surface area contributed by atoms with Gasteiger partial charge in [-0.3, -0.25) is 4.28 Å². The zero-order chi connectivity index (χ0) is 11.1. The molecule has 6 heteroatoms. The molecule has 0 amide bonds. The molecule has 16 heavy (non-hydrogen) atoms. The quantitative estimate of drug-likeness (QED) is 0.564. The van der Waals surface area contributed by atoms with Crippen LogP contribution in [0.2, 0.25) is 0 Å². The van der Waals surface area contributed by atoms with Crippen molar-refractivity contribution in [2.75, 3.05) is 5.75 Å². The lowest BCUT2D eigenvalue weighted by Gasteiger charge is -2.28. The molecule has 0 fully saturated rings. The van der Waals surface area contributed by atoms with Crippen LogP contribution in [0.15, 0.2) is 47.3 Å². The summed E-state index contributed by atoms with van der Waals surface area (Å²) in [5, 5.41) is 13.2. The molecular formula is C10H15NO4S. The van der Waals surface area contributed by atoms with Gasteiger partial charge in [0.2, 0.25) is 0 Å². The molecule has 0 atom stereocenters. The highest BCUT2D eigenvalue weighted by Gasteiger charge is 2.19. The molecular weight excluding hydrogens is 230 g/mol. The molecule has 0 saturated carbocycles. The SMILES string of the molecule is CCS1(O[N+](=O)[O-])\C=C/C=C\C=C/C=C\1.O. The molecule has 0 aromatic rings. The van der Waals surface area contributed by atoms with E-state index >= 15 is 0 Å². The summed E-state index contributed by atoms with van der Waals surface area (Å²) < 4.78 is 4.78. The van der Waals surface area contributed by atoms with Crippen LogP contribution in [0.1, 0.15) is 6.92 Å². The molecule has 0 radical (unpaired) electrons. The van der Waals surface area contributed by atoms with E-state index in [-0.39, 0.29) is 5.48 Å². The number of hydrogen-bond acceptors (Lipinski definition) is 3. The van der Waals surface area contributed by atoms with Crippen LogP contribution in [0.4, 0.5) is 0 Å². The summed E-state index contributed by atoms with van der Waals surface area (Å²) in [5.41, 5.74) is 0. The standard InChI is InChI=1S/C10H13NO3S.H2O/c1-2-15(14-11(12)13)9-7-5-3-4-6-8-10-15;/h3-10H,2H2,1H3;1H2/b5-3-,6-4-,9-7-,10-8-;. The molecule has 0 aromatic carbocycles. The lowest BCUT2D eigenvalue weighted by atomic mass is 10.4. The van der Waals surface area contributed by atoms with Gasteiger partial charge in [-0.2, -0.15) is 0 Å². The molecule has 1 rings (SSSR count). The van der Waals surface area contributed by atoms with Crippen molar-refractivity contribution < 1.29 is 14.8 Å². The lowest BCUT2D eigenvalue weighted by molar-refractivity contribution is -0.709. The van der Waals surface area contributed by atoms with Gasteiger partial charge in [0.15, 0.2) is 0 Å². The Morgan fingerprint density at radius 1 is 1.12 bits per heavy atom. The smallest absolute Gasteiger partial charge is 0.305 e. The van der Waals surface area contributed by atoms with Crippen molar-refractivity contribution in [3.63, 3.8) is 0 Å². The van der Waals surface area contributed by atoms with Crippen molar-refractivity contribution in [2.24, 2.45) is 0 Å². The van der Waals surface area contributed by atoms with E-state index in [0.29, 0.717) is 5.75 Å². The Hall–Kier alpha value is -1.53. The number of allylic oxidation sites excluding steroid dienone is 6. The monoisotopic (exact) mass is 245 g/mol. The van der Waals surface area contributed by atoms with Crippen LogP contribution in [0.3, 0.4) is 0 Å². The van der Waals surface area contributed by atoms with E-state index in [1.54, 1.807) is 23.0 Å². The molecule has 0 spiro atoms. The minimum Gasteiger partial charge on any atom is -0.412 e. The van der Waals surface area contributed by atoms with E-state index < -0.39 is 15.4 Å². The molecule has 1 heterocycles. The van der Waals surface area contributed by atoms with Crippen molar-refractivity contribution in [1.82, 2.24) is 0 Å². The van der Waals surface area contributed by atoms with Crippen LogP contribution < -0.4 is 0 Å². The Kier molecular flexibility index (Phi) is 6.21. The van der Waals surface area contributed by atoms with Crippen LogP contribution in [0.25, 0.3) is 0 Å². The zero-order valence-corrected chi connectivity index (χ0v) is 9.72.